The van der Waals surface area contributed by atoms with Crippen molar-refractivity contribution in [3.8, 4) is 11.6 Å². The molecule has 1 aliphatic carbocycles. The number of benzene rings is 2. The van der Waals surface area contributed by atoms with Crippen LogP contribution >= 0.6 is 23.2 Å². The third kappa shape index (κ3) is 5.85. The smallest absolute Gasteiger partial charge is 0.330 e. The van der Waals surface area contributed by atoms with Gasteiger partial charge in [0, 0.05) is 36.8 Å². The number of carbonyl (C=O) groups is 1. The number of pyridine rings is 1. The molecule has 41 heavy (non-hydrogen) atoms. The van der Waals surface area contributed by atoms with E-state index in [1.54, 1.807) is 51.9 Å². The second-order valence-corrected chi connectivity index (χ2v) is 11.4. The minimum Gasteiger partial charge on any atom is -0.439 e. The number of nitrogens with two attached hydrogens (primary N) is 1. The van der Waals surface area contributed by atoms with E-state index in [0.717, 1.165) is 36.8 Å². The highest BCUT2D eigenvalue weighted by Crippen LogP contribution is 2.31. The van der Waals surface area contributed by atoms with Gasteiger partial charge in [-0.05, 0) is 73.7 Å². The van der Waals surface area contributed by atoms with Crippen molar-refractivity contribution in [2.75, 3.05) is 26.3 Å². The summed E-state index contributed by atoms with van der Waals surface area (Å²) in [5.41, 5.74) is 8.69. The van der Waals surface area contributed by atoms with Crippen LogP contribution in [-0.2, 0) is 11.3 Å². The Labute approximate surface area is 247 Å². The molecule has 2 aliphatic rings. The van der Waals surface area contributed by atoms with Crippen molar-refractivity contribution in [3.05, 3.63) is 86.3 Å². The number of nitrogens with zero attached hydrogens (tertiary/aromatic N) is 4. The molecule has 0 unspecified atom stereocenters. The van der Waals surface area contributed by atoms with Crippen molar-refractivity contribution in [2.24, 2.45) is 5.73 Å². The van der Waals surface area contributed by atoms with Crippen LogP contribution in [0, 0.1) is 0 Å². The van der Waals surface area contributed by atoms with Gasteiger partial charge >= 0.3 is 5.69 Å². The van der Waals surface area contributed by atoms with Crippen molar-refractivity contribution in [2.45, 2.75) is 44.3 Å². The van der Waals surface area contributed by atoms with Gasteiger partial charge in [0.15, 0.2) is 5.65 Å². The summed E-state index contributed by atoms with van der Waals surface area (Å²) in [7, 11) is 0. The lowest BCUT2D eigenvalue weighted by atomic mass is 9.91. The SMILES string of the molecule is NC1CCC(n2c(=O)n(Cc3ccc(Cl)c(Cl)c3)c3nc(Oc4ccc(C(=O)N5CCOCC5)cc4)ccc32)CC1. The molecular weight excluding hydrogens is 565 g/mol. The summed E-state index contributed by atoms with van der Waals surface area (Å²) in [5.74, 6) is 0.848. The Balaban J connectivity index is 1.31. The van der Waals surface area contributed by atoms with Crippen molar-refractivity contribution in [1.82, 2.24) is 19.0 Å². The molecule has 214 valence electrons. The van der Waals surface area contributed by atoms with E-state index in [1.165, 1.54) is 0 Å². The summed E-state index contributed by atoms with van der Waals surface area (Å²) in [6.45, 7) is 2.54. The summed E-state index contributed by atoms with van der Waals surface area (Å²) in [6, 6.07) is 16.2. The van der Waals surface area contributed by atoms with E-state index < -0.39 is 0 Å². The van der Waals surface area contributed by atoms with Gasteiger partial charge in [-0.15, -0.1) is 0 Å². The van der Waals surface area contributed by atoms with Gasteiger partial charge in [0.1, 0.15) is 5.75 Å². The maximum atomic E-state index is 13.8. The Bertz CT molecular complexity index is 1620. The molecule has 2 fully saturated rings. The number of fused-ring (bicyclic) bond motifs is 1. The monoisotopic (exact) mass is 595 g/mol. The summed E-state index contributed by atoms with van der Waals surface area (Å²) in [4.78, 5) is 33.2. The summed E-state index contributed by atoms with van der Waals surface area (Å²) >= 11 is 12.4. The average molecular weight is 597 g/mol. The van der Waals surface area contributed by atoms with Crippen molar-refractivity contribution in [1.29, 1.82) is 0 Å². The molecule has 3 heterocycles. The van der Waals surface area contributed by atoms with E-state index in [-0.39, 0.29) is 30.2 Å². The lowest BCUT2D eigenvalue weighted by Crippen LogP contribution is -2.40. The summed E-state index contributed by atoms with van der Waals surface area (Å²) < 4.78 is 14.9. The Morgan fingerprint density at radius 1 is 0.976 bits per heavy atom. The Hall–Kier alpha value is -3.37. The molecule has 9 nitrogen and oxygen atoms in total. The van der Waals surface area contributed by atoms with E-state index in [2.05, 4.69) is 0 Å². The quantitative estimate of drug-likeness (QED) is 0.326. The van der Waals surface area contributed by atoms with Gasteiger partial charge in [-0.1, -0.05) is 29.3 Å². The fourth-order valence-corrected chi connectivity index (χ4v) is 5.92. The van der Waals surface area contributed by atoms with Gasteiger partial charge in [0.25, 0.3) is 5.91 Å². The number of amides is 1. The maximum absolute atomic E-state index is 13.8. The number of rotatable bonds is 6. The fraction of sp³-hybridized carbons (Fsp3) is 0.367. The van der Waals surface area contributed by atoms with Gasteiger partial charge in [-0.3, -0.25) is 13.9 Å². The molecule has 0 bridgehead atoms. The lowest BCUT2D eigenvalue weighted by Gasteiger charge is -2.27. The highest BCUT2D eigenvalue weighted by atomic mass is 35.5. The second-order valence-electron chi connectivity index (χ2n) is 10.6. The van der Waals surface area contributed by atoms with Crippen LogP contribution in [0.15, 0.2) is 59.4 Å². The summed E-state index contributed by atoms with van der Waals surface area (Å²) in [6.07, 6.45) is 3.41. The van der Waals surface area contributed by atoms with Gasteiger partial charge in [0.2, 0.25) is 5.88 Å². The molecule has 2 aromatic carbocycles. The fourth-order valence-electron chi connectivity index (χ4n) is 5.60. The van der Waals surface area contributed by atoms with Crippen LogP contribution in [0.1, 0.15) is 47.6 Å². The molecule has 0 atom stereocenters. The Kier molecular flexibility index (Phi) is 8.03. The van der Waals surface area contributed by atoms with Crippen molar-refractivity contribution in [3.63, 3.8) is 0 Å². The molecule has 0 spiro atoms. The maximum Gasteiger partial charge on any atom is 0.330 e. The Morgan fingerprint density at radius 2 is 1.71 bits per heavy atom. The third-order valence-electron chi connectivity index (χ3n) is 7.83. The predicted molar refractivity (Wildman–Crippen MR) is 158 cm³/mol. The number of aromatic nitrogens is 3. The van der Waals surface area contributed by atoms with Crippen LogP contribution < -0.4 is 16.2 Å². The predicted octanol–water partition coefficient (Wildman–Crippen LogP) is 5.26. The second kappa shape index (κ2) is 11.9. The number of carbonyl (C=O) groups excluding carboxylic acids is 1. The molecule has 4 aromatic rings. The third-order valence-corrected chi connectivity index (χ3v) is 8.57. The highest BCUT2D eigenvalue weighted by molar-refractivity contribution is 6.42. The molecule has 1 saturated carbocycles. The van der Waals surface area contributed by atoms with Crippen LogP contribution in [0.2, 0.25) is 10.0 Å². The zero-order chi connectivity index (χ0) is 28.5. The zero-order valence-electron chi connectivity index (χ0n) is 22.5. The minimum atomic E-state index is -0.137. The molecule has 0 radical (unpaired) electrons. The zero-order valence-corrected chi connectivity index (χ0v) is 24.0. The van der Waals surface area contributed by atoms with Gasteiger partial charge in [-0.2, -0.15) is 4.98 Å². The van der Waals surface area contributed by atoms with Gasteiger partial charge < -0.3 is 20.1 Å². The highest BCUT2D eigenvalue weighted by Gasteiger charge is 2.26. The Morgan fingerprint density at radius 3 is 2.41 bits per heavy atom. The average Bonchev–Trinajstić information content (AvgIpc) is 3.26. The van der Waals surface area contributed by atoms with Crippen LogP contribution in [0.25, 0.3) is 11.2 Å². The van der Waals surface area contributed by atoms with E-state index in [0.29, 0.717) is 59.2 Å². The minimum absolute atomic E-state index is 0.0317. The van der Waals surface area contributed by atoms with Gasteiger partial charge in [-0.25, -0.2) is 4.79 Å². The van der Waals surface area contributed by atoms with Crippen LogP contribution in [0.3, 0.4) is 0 Å². The first-order valence-electron chi connectivity index (χ1n) is 13.8. The van der Waals surface area contributed by atoms with Crippen molar-refractivity contribution >= 4 is 40.3 Å². The normalized spacial score (nSPS) is 19.4. The number of morpholine rings is 1. The van der Waals surface area contributed by atoms with Gasteiger partial charge in [0.05, 0.1) is 35.3 Å². The van der Waals surface area contributed by atoms with E-state index >= 15 is 0 Å². The largest absolute Gasteiger partial charge is 0.439 e. The summed E-state index contributed by atoms with van der Waals surface area (Å²) in [5, 5.41) is 0.880. The first-order chi connectivity index (χ1) is 19.9. The molecule has 2 aromatic heterocycles. The number of halogens is 2. The number of hydrogen-bond donors (Lipinski definition) is 1. The number of imidazole rings is 1. The number of ether oxygens (including phenoxy) is 2. The van der Waals surface area contributed by atoms with Crippen LogP contribution in [0.5, 0.6) is 11.6 Å². The first-order valence-corrected chi connectivity index (χ1v) is 14.6. The van der Waals surface area contributed by atoms with Crippen molar-refractivity contribution < 1.29 is 14.3 Å². The van der Waals surface area contributed by atoms with Crippen LogP contribution in [-0.4, -0.2) is 57.3 Å². The molecular formula is C30H31Cl2N5O4. The molecule has 1 saturated heterocycles. The molecule has 6 rings (SSSR count). The van der Waals surface area contributed by atoms with E-state index in [4.69, 9.17) is 43.4 Å². The van der Waals surface area contributed by atoms with E-state index in [9.17, 15) is 9.59 Å². The molecule has 2 N–H and O–H groups in total. The standard InChI is InChI=1S/C30H31Cl2N5O4/c31-24-10-1-19(17-25(24)32)18-36-28-26(37(30(36)39)22-6-4-21(33)5-7-22)11-12-27(34-28)41-23-8-2-20(3-9-23)29(38)35-13-15-40-16-14-35/h1-3,8-12,17,21-22H,4-7,13-16,18,33H2. The molecule has 1 amide bonds. The van der Waals surface area contributed by atoms with Crippen LogP contribution in [0.4, 0.5) is 0 Å². The topological polar surface area (TPSA) is 105 Å². The molecule has 11 heteroatoms. The number of hydrogen-bond acceptors (Lipinski definition) is 6. The molecule has 1 aliphatic heterocycles. The van der Waals surface area contributed by atoms with E-state index in [1.807, 2.05) is 16.7 Å². The lowest BCUT2D eigenvalue weighted by molar-refractivity contribution is 0.0303. The first kappa shape index (κ1) is 27.8.